The monoisotopic (exact) mass is 368 g/mol. The molecule has 0 unspecified atom stereocenters. The zero-order valence-electron chi connectivity index (χ0n) is 7.81. The molecule has 0 fully saturated rings. The number of hydrogen-bond acceptors (Lipinski definition) is 2. The van der Waals surface area contributed by atoms with E-state index in [1.54, 1.807) is 30.3 Å². The molecule has 3 nitrogen and oxygen atoms in total. The Labute approximate surface area is 111 Å². The van der Waals surface area contributed by atoms with E-state index in [9.17, 15) is 13.0 Å². The second-order valence-corrected chi connectivity index (χ2v) is 6.04. The van der Waals surface area contributed by atoms with Gasteiger partial charge in [0.15, 0.2) is 0 Å². The smallest absolute Gasteiger partial charge is 0.282 e. The van der Waals surface area contributed by atoms with Crippen LogP contribution in [0.4, 0.5) is 0 Å². The van der Waals surface area contributed by atoms with Crippen molar-refractivity contribution >= 4 is 55.1 Å². The van der Waals surface area contributed by atoms with Crippen LogP contribution in [-0.4, -0.2) is 13.0 Å². The third-order valence-corrected chi connectivity index (χ3v) is 5.20. The van der Waals surface area contributed by atoms with Crippen LogP contribution in [0.3, 0.4) is 0 Å². The Morgan fingerprint density at radius 2 is 1.88 bits per heavy atom. The summed E-state index contributed by atoms with van der Waals surface area (Å²) in [4.78, 5) is -0.129. The predicted molar refractivity (Wildman–Crippen MR) is 71.5 cm³/mol. The van der Waals surface area contributed by atoms with Crippen LogP contribution in [0.25, 0.3) is 10.8 Å². The van der Waals surface area contributed by atoms with E-state index in [2.05, 4.69) is 0 Å². The Morgan fingerprint density at radius 1 is 1.25 bits per heavy atom. The van der Waals surface area contributed by atoms with Gasteiger partial charge >= 0.3 is 0 Å². The molecule has 0 saturated heterocycles. The van der Waals surface area contributed by atoms with Crippen LogP contribution in [0.1, 0.15) is 0 Å². The maximum Gasteiger partial charge on any atom is 0.296 e. The first-order valence-corrected chi connectivity index (χ1v) is 7.15. The van der Waals surface area contributed by atoms with Gasteiger partial charge in [-0.05, 0) is 34.0 Å². The minimum absolute atomic E-state index is 0.129. The average Bonchev–Trinajstić information content (AvgIpc) is 2.17. The molecule has 2 aromatic rings. The molecule has 0 aliphatic rings. The molecule has 0 amide bonds. The molecule has 0 atom stereocenters. The summed E-state index contributed by atoms with van der Waals surface area (Å²) >= 11 is 7.72. The molecule has 2 aromatic carbocycles. The zero-order chi connectivity index (χ0) is 11.9. The molecular weight excluding hydrogens is 363 g/mol. The van der Waals surface area contributed by atoms with Gasteiger partial charge in [0.05, 0.1) is 8.59 Å². The van der Waals surface area contributed by atoms with Crippen molar-refractivity contribution in [3.05, 3.63) is 38.9 Å². The first-order valence-electron chi connectivity index (χ1n) is 4.25. The van der Waals surface area contributed by atoms with Gasteiger partial charge < -0.3 is 0 Å². The third kappa shape index (κ3) is 2.04. The van der Waals surface area contributed by atoms with E-state index in [1.165, 1.54) is 0 Å². The van der Waals surface area contributed by atoms with Crippen molar-refractivity contribution in [2.45, 2.75) is 4.90 Å². The van der Waals surface area contributed by atoms with Gasteiger partial charge in [0, 0.05) is 5.39 Å². The first kappa shape index (κ1) is 12.1. The van der Waals surface area contributed by atoms with Crippen LogP contribution >= 0.6 is 34.2 Å². The Morgan fingerprint density at radius 3 is 2.50 bits per heavy atom. The highest BCUT2D eigenvalue weighted by molar-refractivity contribution is 14.1. The van der Waals surface area contributed by atoms with Crippen molar-refractivity contribution in [1.82, 2.24) is 0 Å². The van der Waals surface area contributed by atoms with Gasteiger partial charge in [-0.15, -0.1) is 0 Å². The number of fused-ring (bicyclic) bond motifs is 1. The van der Waals surface area contributed by atoms with Gasteiger partial charge in [-0.1, -0.05) is 35.9 Å². The highest BCUT2D eigenvalue weighted by Gasteiger charge is 2.20. The average molecular weight is 369 g/mol. The fraction of sp³-hybridized carbons (Fsp3) is 0. The van der Waals surface area contributed by atoms with E-state index in [1.807, 2.05) is 22.6 Å². The summed E-state index contributed by atoms with van der Waals surface area (Å²) in [5.41, 5.74) is 0. The summed E-state index contributed by atoms with van der Waals surface area (Å²) in [7, 11) is -4.27. The van der Waals surface area contributed by atoms with Gasteiger partial charge in [0.1, 0.15) is 4.90 Å². The number of halogens is 2. The summed E-state index contributed by atoms with van der Waals surface area (Å²) in [6.45, 7) is 0. The van der Waals surface area contributed by atoms with E-state index in [-0.39, 0.29) is 4.90 Å². The minimum Gasteiger partial charge on any atom is -0.282 e. The van der Waals surface area contributed by atoms with E-state index < -0.39 is 10.1 Å². The summed E-state index contributed by atoms with van der Waals surface area (Å²) in [5.74, 6) is 0. The highest BCUT2D eigenvalue weighted by Crippen LogP contribution is 2.33. The fourth-order valence-electron chi connectivity index (χ4n) is 1.51. The van der Waals surface area contributed by atoms with Crippen molar-refractivity contribution in [3.63, 3.8) is 0 Å². The van der Waals surface area contributed by atoms with Crippen LogP contribution in [-0.2, 0) is 10.1 Å². The van der Waals surface area contributed by atoms with E-state index >= 15 is 0 Å². The topological polar surface area (TPSA) is 54.4 Å². The first-order chi connectivity index (χ1) is 7.41. The lowest BCUT2D eigenvalue weighted by Gasteiger charge is -2.08. The van der Waals surface area contributed by atoms with Gasteiger partial charge in [-0.25, -0.2) is 0 Å². The molecule has 84 valence electrons. The molecule has 0 spiro atoms. The van der Waals surface area contributed by atoms with Crippen molar-refractivity contribution in [3.8, 4) is 0 Å². The van der Waals surface area contributed by atoms with Crippen LogP contribution in [0.15, 0.2) is 35.2 Å². The van der Waals surface area contributed by atoms with Crippen molar-refractivity contribution in [1.29, 1.82) is 0 Å². The molecule has 1 N–H and O–H groups in total. The molecule has 0 aromatic heterocycles. The lowest BCUT2D eigenvalue weighted by atomic mass is 10.1. The second kappa shape index (κ2) is 4.14. The van der Waals surface area contributed by atoms with Crippen LogP contribution < -0.4 is 0 Å². The number of hydrogen-bond donors (Lipinski definition) is 1. The minimum atomic E-state index is -4.27. The molecule has 16 heavy (non-hydrogen) atoms. The van der Waals surface area contributed by atoms with E-state index in [4.69, 9.17) is 11.6 Å². The Balaban J connectivity index is 3.05. The van der Waals surface area contributed by atoms with E-state index in [0.717, 1.165) is 0 Å². The summed E-state index contributed by atoms with van der Waals surface area (Å²) < 4.78 is 32.2. The molecular formula is C10H6ClIO3S. The Hall–Kier alpha value is -0.370. The summed E-state index contributed by atoms with van der Waals surface area (Å²) in [5, 5.41) is 1.46. The quantitative estimate of drug-likeness (QED) is 0.620. The predicted octanol–water partition coefficient (Wildman–Crippen LogP) is 3.34. The van der Waals surface area contributed by atoms with Crippen molar-refractivity contribution in [2.24, 2.45) is 0 Å². The maximum absolute atomic E-state index is 11.3. The number of benzene rings is 2. The number of rotatable bonds is 1. The van der Waals surface area contributed by atoms with Crippen molar-refractivity contribution < 1.29 is 13.0 Å². The molecule has 0 bridgehead atoms. The van der Waals surface area contributed by atoms with Crippen LogP contribution in [0.5, 0.6) is 0 Å². The fourth-order valence-corrected chi connectivity index (χ4v) is 3.86. The molecule has 0 heterocycles. The molecule has 0 aliphatic heterocycles. The molecule has 0 aliphatic carbocycles. The van der Waals surface area contributed by atoms with Crippen LogP contribution in [0.2, 0.25) is 5.02 Å². The SMILES string of the molecule is O=S(=O)(O)c1c(I)c(Cl)cc2ccccc12. The molecule has 6 heteroatoms. The Kier molecular flexibility index (Phi) is 3.13. The largest absolute Gasteiger partial charge is 0.296 e. The van der Waals surface area contributed by atoms with E-state index in [0.29, 0.717) is 19.4 Å². The van der Waals surface area contributed by atoms with Crippen LogP contribution in [0, 0.1) is 3.57 Å². The zero-order valence-corrected chi connectivity index (χ0v) is 11.5. The molecule has 2 rings (SSSR count). The van der Waals surface area contributed by atoms with Gasteiger partial charge in [0.25, 0.3) is 10.1 Å². The standard InChI is InChI=1S/C10H6ClIO3S/c11-8-5-6-3-1-2-4-7(6)10(9(8)12)16(13,14)15/h1-5H,(H,13,14,15). The normalized spacial score (nSPS) is 11.9. The Bertz CT molecular complexity index is 667. The lowest BCUT2D eigenvalue weighted by molar-refractivity contribution is 0.483. The van der Waals surface area contributed by atoms with Gasteiger partial charge in [0.2, 0.25) is 0 Å². The maximum atomic E-state index is 11.3. The van der Waals surface area contributed by atoms with Gasteiger partial charge in [-0.2, -0.15) is 8.42 Å². The third-order valence-electron chi connectivity index (χ3n) is 2.15. The molecule has 0 saturated carbocycles. The lowest BCUT2D eigenvalue weighted by Crippen LogP contribution is -2.02. The van der Waals surface area contributed by atoms with Crippen molar-refractivity contribution in [2.75, 3.05) is 0 Å². The highest BCUT2D eigenvalue weighted by atomic mass is 127. The van der Waals surface area contributed by atoms with Gasteiger partial charge in [-0.3, -0.25) is 4.55 Å². The second-order valence-electron chi connectivity index (χ2n) is 3.20. The molecule has 0 radical (unpaired) electrons. The summed E-state index contributed by atoms with van der Waals surface area (Å²) in [6.07, 6.45) is 0. The summed E-state index contributed by atoms with van der Waals surface area (Å²) in [6, 6.07) is 8.54.